The summed E-state index contributed by atoms with van der Waals surface area (Å²) in [5.41, 5.74) is 1.81. The first kappa shape index (κ1) is 29.1. The van der Waals surface area contributed by atoms with E-state index in [9.17, 15) is 18.0 Å². The van der Waals surface area contributed by atoms with E-state index in [0.29, 0.717) is 49.8 Å². The molecule has 2 N–H and O–H groups in total. The quantitative estimate of drug-likeness (QED) is 0.359. The summed E-state index contributed by atoms with van der Waals surface area (Å²) in [5.74, 6) is -0.0813. The molecule has 0 unspecified atom stereocenters. The van der Waals surface area contributed by atoms with Gasteiger partial charge in [-0.15, -0.1) is 0 Å². The highest BCUT2D eigenvalue weighted by Crippen LogP contribution is 2.33. The van der Waals surface area contributed by atoms with Crippen LogP contribution in [0.2, 0.25) is 0 Å². The van der Waals surface area contributed by atoms with E-state index in [1.54, 1.807) is 26.0 Å². The van der Waals surface area contributed by atoms with Crippen molar-refractivity contribution in [2.45, 2.75) is 76.2 Å². The number of anilines is 2. The van der Waals surface area contributed by atoms with Gasteiger partial charge < -0.3 is 15.0 Å². The smallest absolute Gasteiger partial charge is 0.310 e. The lowest BCUT2D eigenvalue weighted by Gasteiger charge is -2.34. The van der Waals surface area contributed by atoms with Crippen molar-refractivity contribution in [3.05, 3.63) is 54.1 Å². The molecule has 0 bridgehead atoms. The average molecular weight is 556 g/mol. The molecule has 39 heavy (non-hydrogen) atoms. The van der Waals surface area contributed by atoms with Crippen LogP contribution in [0.4, 0.5) is 11.4 Å². The third kappa shape index (κ3) is 7.82. The van der Waals surface area contributed by atoms with E-state index in [1.807, 2.05) is 35.2 Å². The van der Waals surface area contributed by atoms with Gasteiger partial charge in [-0.05, 0) is 62.8 Å². The Hall–Kier alpha value is -2.91. The monoisotopic (exact) mass is 555 g/mol. The highest BCUT2D eigenvalue weighted by Gasteiger charge is 2.31. The largest absolute Gasteiger partial charge is 0.466 e. The summed E-state index contributed by atoms with van der Waals surface area (Å²) in [6.45, 7) is 4.90. The molecule has 2 atom stereocenters. The van der Waals surface area contributed by atoms with Crippen LogP contribution < -0.4 is 14.9 Å². The fourth-order valence-corrected chi connectivity index (χ4v) is 7.16. The normalized spacial score (nSPS) is 19.0. The maximum atomic E-state index is 13.8. The Balaban J connectivity index is 1.58. The maximum absolute atomic E-state index is 13.8. The topological polar surface area (TPSA) is 105 Å². The Morgan fingerprint density at radius 3 is 2.51 bits per heavy atom. The number of sulfonamides is 1. The van der Waals surface area contributed by atoms with Crippen molar-refractivity contribution in [2.75, 3.05) is 29.9 Å². The average Bonchev–Trinajstić information content (AvgIpc) is 3.46. The molecule has 1 aliphatic carbocycles. The Kier molecular flexibility index (Phi) is 10.0. The molecule has 8 nitrogen and oxygen atoms in total. The van der Waals surface area contributed by atoms with Gasteiger partial charge in [0, 0.05) is 31.2 Å². The van der Waals surface area contributed by atoms with E-state index in [-0.39, 0.29) is 22.7 Å². The van der Waals surface area contributed by atoms with Crippen LogP contribution in [0, 0.1) is 11.8 Å². The molecular weight excluding hydrogens is 514 g/mol. The molecule has 1 heterocycles. The van der Waals surface area contributed by atoms with Crippen LogP contribution in [0.15, 0.2) is 53.4 Å². The number of hydrogen-bond donors (Lipinski definition) is 2. The standard InChI is InChI=1S/C30H41N3O5S/c1-3-38-30(35)25-14-9-19-33(21-25)27-17-16-26(31-29(34)18-15-23-10-7-8-11-23)20-28(27)39(36,37)32-22(2)24-12-5-4-6-13-24/h4-6,12-13,16-17,20,22-23,25,32H,3,7-11,14-15,18-19,21H2,1-2H3,(H,31,34)/t22-,25+/m1/s1. The number of rotatable bonds is 11. The van der Waals surface area contributed by atoms with Crippen molar-refractivity contribution in [1.82, 2.24) is 4.72 Å². The summed E-state index contributed by atoms with van der Waals surface area (Å²) in [4.78, 5) is 27.2. The zero-order valence-electron chi connectivity index (χ0n) is 23.0. The van der Waals surface area contributed by atoms with Gasteiger partial charge in [-0.3, -0.25) is 9.59 Å². The molecule has 2 aliphatic rings. The van der Waals surface area contributed by atoms with Crippen LogP contribution in [0.1, 0.15) is 76.8 Å². The van der Waals surface area contributed by atoms with E-state index in [1.165, 1.54) is 31.7 Å². The number of hydrogen-bond acceptors (Lipinski definition) is 6. The fraction of sp³-hybridized carbons (Fsp3) is 0.533. The molecule has 2 fully saturated rings. The lowest BCUT2D eigenvalue weighted by atomic mass is 9.97. The number of nitrogens with one attached hydrogen (secondary N) is 2. The number of piperidine rings is 1. The van der Waals surface area contributed by atoms with Gasteiger partial charge >= 0.3 is 5.97 Å². The highest BCUT2D eigenvalue weighted by molar-refractivity contribution is 7.89. The van der Waals surface area contributed by atoms with E-state index < -0.39 is 16.1 Å². The van der Waals surface area contributed by atoms with E-state index in [2.05, 4.69) is 10.0 Å². The molecule has 1 saturated heterocycles. The van der Waals surface area contributed by atoms with Gasteiger partial charge in [-0.1, -0.05) is 56.0 Å². The van der Waals surface area contributed by atoms with Crippen LogP contribution in [-0.2, 0) is 24.3 Å². The van der Waals surface area contributed by atoms with Crippen LogP contribution in [0.5, 0.6) is 0 Å². The van der Waals surface area contributed by atoms with Crippen LogP contribution in [-0.4, -0.2) is 40.0 Å². The number of carbonyl (C=O) groups excluding carboxylic acids is 2. The van der Waals surface area contributed by atoms with Gasteiger partial charge in [0.2, 0.25) is 15.9 Å². The Bertz CT molecular complexity index is 1230. The van der Waals surface area contributed by atoms with Crippen LogP contribution >= 0.6 is 0 Å². The van der Waals surface area contributed by atoms with E-state index in [0.717, 1.165) is 18.4 Å². The Labute approximate surface area is 232 Å². The number of benzene rings is 2. The van der Waals surface area contributed by atoms with Crippen LogP contribution in [0.25, 0.3) is 0 Å². The Morgan fingerprint density at radius 2 is 1.79 bits per heavy atom. The predicted molar refractivity (Wildman–Crippen MR) is 153 cm³/mol. The van der Waals surface area contributed by atoms with Gasteiger partial charge in [0.1, 0.15) is 4.90 Å². The number of ether oxygens (including phenoxy) is 1. The van der Waals surface area contributed by atoms with Gasteiger partial charge in [0.15, 0.2) is 0 Å². The Morgan fingerprint density at radius 1 is 1.05 bits per heavy atom. The number of amides is 1. The van der Waals surface area contributed by atoms with Crippen molar-refractivity contribution in [2.24, 2.45) is 11.8 Å². The zero-order chi connectivity index (χ0) is 27.8. The molecule has 1 amide bonds. The summed E-state index contributed by atoms with van der Waals surface area (Å²) in [7, 11) is -3.98. The second-order valence-corrected chi connectivity index (χ2v) is 12.4. The van der Waals surface area contributed by atoms with Gasteiger partial charge in [0.05, 0.1) is 18.2 Å². The number of esters is 1. The van der Waals surface area contributed by atoms with Crippen LogP contribution in [0.3, 0.4) is 0 Å². The van der Waals surface area contributed by atoms with E-state index >= 15 is 0 Å². The molecule has 4 rings (SSSR count). The lowest BCUT2D eigenvalue weighted by molar-refractivity contribution is -0.148. The molecule has 9 heteroatoms. The summed E-state index contributed by atoms with van der Waals surface area (Å²) in [6.07, 6.45) is 7.55. The SMILES string of the molecule is CCOC(=O)[C@H]1CCCN(c2ccc(NC(=O)CCC3CCCC3)cc2S(=O)(=O)N[C@H](C)c2ccccc2)C1. The minimum Gasteiger partial charge on any atom is -0.466 e. The van der Waals surface area contributed by atoms with Crippen molar-refractivity contribution in [3.63, 3.8) is 0 Å². The summed E-state index contributed by atoms with van der Waals surface area (Å²) >= 11 is 0. The minimum absolute atomic E-state index is 0.0865. The van der Waals surface area contributed by atoms with Crippen molar-refractivity contribution >= 4 is 33.3 Å². The molecule has 0 aromatic heterocycles. The molecule has 1 aliphatic heterocycles. The summed E-state index contributed by atoms with van der Waals surface area (Å²) in [6, 6.07) is 14.0. The second-order valence-electron chi connectivity index (χ2n) is 10.7. The van der Waals surface area contributed by atoms with Crippen molar-refractivity contribution < 1.29 is 22.7 Å². The molecular formula is C30H41N3O5S. The molecule has 0 spiro atoms. The highest BCUT2D eigenvalue weighted by atomic mass is 32.2. The molecule has 212 valence electrons. The second kappa shape index (κ2) is 13.4. The molecule has 1 saturated carbocycles. The predicted octanol–water partition coefficient (Wildman–Crippen LogP) is 5.41. The first-order valence-corrected chi connectivity index (χ1v) is 15.7. The summed E-state index contributed by atoms with van der Waals surface area (Å²) < 4.78 is 35.6. The summed E-state index contributed by atoms with van der Waals surface area (Å²) in [5, 5.41) is 2.91. The van der Waals surface area contributed by atoms with Gasteiger partial charge in [-0.25, -0.2) is 13.1 Å². The zero-order valence-corrected chi connectivity index (χ0v) is 23.8. The molecule has 2 aromatic rings. The number of carbonyl (C=O) groups is 2. The molecule has 0 radical (unpaired) electrons. The fourth-order valence-electron chi connectivity index (χ4n) is 5.68. The first-order valence-electron chi connectivity index (χ1n) is 14.2. The number of nitrogens with zero attached hydrogens (tertiary/aromatic N) is 1. The van der Waals surface area contributed by atoms with Crippen molar-refractivity contribution in [3.8, 4) is 0 Å². The molecule has 2 aromatic carbocycles. The first-order chi connectivity index (χ1) is 18.8. The van der Waals surface area contributed by atoms with Crippen molar-refractivity contribution in [1.29, 1.82) is 0 Å². The van der Waals surface area contributed by atoms with Gasteiger partial charge in [0.25, 0.3) is 0 Å². The third-order valence-electron chi connectivity index (χ3n) is 7.80. The van der Waals surface area contributed by atoms with E-state index in [4.69, 9.17) is 4.74 Å². The maximum Gasteiger partial charge on any atom is 0.310 e. The lowest BCUT2D eigenvalue weighted by Crippen LogP contribution is -2.40. The minimum atomic E-state index is -3.98. The third-order valence-corrected chi connectivity index (χ3v) is 9.37. The van der Waals surface area contributed by atoms with Gasteiger partial charge in [-0.2, -0.15) is 0 Å².